The molecule has 0 bridgehead atoms. The molecule has 1 aromatic rings. The molecule has 1 aliphatic heterocycles. The largest absolute Gasteiger partial charge is 0.427 e. The van der Waals surface area contributed by atoms with Crippen LogP contribution in [0.2, 0.25) is 0 Å². The van der Waals surface area contributed by atoms with Crippen LogP contribution in [0.1, 0.15) is 18.4 Å². The van der Waals surface area contributed by atoms with E-state index in [1.54, 1.807) is 0 Å². The van der Waals surface area contributed by atoms with Gasteiger partial charge in [-0.05, 0) is 18.4 Å². The van der Waals surface area contributed by atoms with Gasteiger partial charge in [0, 0.05) is 12.5 Å². The Labute approximate surface area is 101 Å². The van der Waals surface area contributed by atoms with Gasteiger partial charge in [0.1, 0.15) is 6.61 Å². The topological polar surface area (TPSA) is 38.8 Å². The molecular weight excluding hydrogens is 216 g/mol. The van der Waals surface area contributed by atoms with E-state index in [1.807, 2.05) is 18.2 Å². The summed E-state index contributed by atoms with van der Waals surface area (Å²) in [6.07, 6.45) is 3.81. The minimum atomic E-state index is -0.667. The van der Waals surface area contributed by atoms with Crippen LogP contribution < -0.4 is 0 Å². The average Bonchev–Trinajstić information content (AvgIpc) is 3.10. The van der Waals surface area contributed by atoms with Crippen LogP contribution in [-0.4, -0.2) is 18.4 Å². The van der Waals surface area contributed by atoms with Gasteiger partial charge in [0.05, 0.1) is 0 Å². The zero-order valence-corrected chi connectivity index (χ0v) is 9.72. The number of hydrogen-bond acceptors (Lipinski definition) is 3. The lowest BCUT2D eigenvalue weighted by Crippen LogP contribution is -2.20. The molecule has 17 heavy (non-hydrogen) atoms. The van der Waals surface area contributed by atoms with Gasteiger partial charge in [-0.15, -0.1) is 0 Å². The predicted octanol–water partition coefficient (Wildman–Crippen LogP) is 2.47. The lowest BCUT2D eigenvalue weighted by molar-refractivity contribution is -0.153. The Bertz CT molecular complexity index is 393. The molecule has 1 fully saturated rings. The van der Waals surface area contributed by atoms with Crippen LogP contribution in [0, 0.1) is 0 Å². The van der Waals surface area contributed by atoms with Gasteiger partial charge in [-0.1, -0.05) is 36.9 Å². The maximum atomic E-state index is 11.1. The quantitative estimate of drug-likeness (QED) is 0.429. The van der Waals surface area contributed by atoms with Crippen LogP contribution in [-0.2, 0) is 20.7 Å². The minimum absolute atomic E-state index is 0.415. The molecule has 1 atom stereocenters. The fourth-order valence-corrected chi connectivity index (χ4v) is 1.77. The molecule has 1 aliphatic rings. The highest BCUT2D eigenvalue weighted by Gasteiger charge is 2.48. The van der Waals surface area contributed by atoms with E-state index >= 15 is 0 Å². The summed E-state index contributed by atoms with van der Waals surface area (Å²) in [5.74, 6) is -1.08. The highest BCUT2D eigenvalue weighted by molar-refractivity contribution is 5.81. The van der Waals surface area contributed by atoms with Crippen molar-refractivity contribution in [2.45, 2.75) is 25.0 Å². The summed E-state index contributed by atoms with van der Waals surface area (Å²) in [4.78, 5) is 11.1. The summed E-state index contributed by atoms with van der Waals surface area (Å²) < 4.78 is 10.4. The molecule has 1 aromatic carbocycles. The third kappa shape index (κ3) is 3.43. The first kappa shape index (κ1) is 11.9. The van der Waals surface area contributed by atoms with E-state index in [0.29, 0.717) is 6.61 Å². The van der Waals surface area contributed by atoms with E-state index in [1.165, 1.54) is 11.6 Å². The fraction of sp³-hybridized carbons (Fsp3) is 0.357. The summed E-state index contributed by atoms with van der Waals surface area (Å²) in [6.45, 7) is 3.87. The molecule has 0 radical (unpaired) electrons. The first-order chi connectivity index (χ1) is 8.24. The second-order valence-corrected chi connectivity index (χ2v) is 4.16. The van der Waals surface area contributed by atoms with E-state index in [0.717, 1.165) is 19.3 Å². The Kier molecular flexibility index (Phi) is 3.59. The van der Waals surface area contributed by atoms with Crippen molar-refractivity contribution in [3.63, 3.8) is 0 Å². The third-order valence-electron chi connectivity index (χ3n) is 2.79. The van der Waals surface area contributed by atoms with Crippen LogP contribution in [0.15, 0.2) is 43.0 Å². The van der Waals surface area contributed by atoms with Crippen molar-refractivity contribution < 1.29 is 14.3 Å². The van der Waals surface area contributed by atoms with Crippen molar-refractivity contribution in [1.29, 1.82) is 0 Å². The van der Waals surface area contributed by atoms with Crippen molar-refractivity contribution in [3.8, 4) is 0 Å². The van der Waals surface area contributed by atoms with Crippen LogP contribution >= 0.6 is 0 Å². The van der Waals surface area contributed by atoms with Gasteiger partial charge in [0.2, 0.25) is 5.79 Å². The van der Waals surface area contributed by atoms with Crippen molar-refractivity contribution in [2.24, 2.45) is 0 Å². The number of aryl methyl sites for hydroxylation is 1. The van der Waals surface area contributed by atoms with E-state index in [-0.39, 0.29) is 0 Å². The molecule has 0 N–H and O–H groups in total. The Morgan fingerprint density at radius 1 is 1.47 bits per heavy atom. The number of hydrogen-bond donors (Lipinski definition) is 0. The normalized spacial score (nSPS) is 21.9. The van der Waals surface area contributed by atoms with E-state index in [9.17, 15) is 4.79 Å². The van der Waals surface area contributed by atoms with Gasteiger partial charge in [0.25, 0.3) is 0 Å². The van der Waals surface area contributed by atoms with Crippen molar-refractivity contribution in [2.75, 3.05) is 6.61 Å². The van der Waals surface area contributed by atoms with Gasteiger partial charge in [0.15, 0.2) is 0 Å². The molecule has 0 saturated carbocycles. The van der Waals surface area contributed by atoms with Gasteiger partial charge in [-0.25, -0.2) is 4.79 Å². The fourth-order valence-electron chi connectivity index (χ4n) is 1.77. The molecular formula is C14H16O3. The van der Waals surface area contributed by atoms with Crippen molar-refractivity contribution in [3.05, 3.63) is 48.6 Å². The second-order valence-electron chi connectivity index (χ2n) is 4.16. The van der Waals surface area contributed by atoms with Gasteiger partial charge >= 0.3 is 5.97 Å². The van der Waals surface area contributed by atoms with E-state index in [4.69, 9.17) is 9.47 Å². The van der Waals surface area contributed by atoms with Crippen LogP contribution in [0.4, 0.5) is 0 Å². The smallest absolute Gasteiger partial charge is 0.332 e. The zero-order chi connectivity index (χ0) is 12.1. The summed E-state index contributed by atoms with van der Waals surface area (Å²) in [6, 6.07) is 10.2. The molecule has 1 saturated heterocycles. The Hall–Kier alpha value is -1.61. The molecule has 0 aliphatic carbocycles. The number of rotatable bonds is 6. The lowest BCUT2D eigenvalue weighted by atomic mass is 10.1. The molecule has 2 rings (SSSR count). The van der Waals surface area contributed by atoms with Crippen molar-refractivity contribution in [1.82, 2.24) is 0 Å². The number of esters is 1. The van der Waals surface area contributed by atoms with E-state index < -0.39 is 11.8 Å². The molecule has 0 aromatic heterocycles. The molecule has 1 unspecified atom stereocenters. The van der Waals surface area contributed by atoms with Gasteiger partial charge < -0.3 is 9.47 Å². The van der Waals surface area contributed by atoms with Gasteiger partial charge in [-0.2, -0.15) is 0 Å². The Balaban J connectivity index is 1.75. The Morgan fingerprint density at radius 2 is 2.18 bits per heavy atom. The third-order valence-corrected chi connectivity index (χ3v) is 2.79. The molecule has 3 heteroatoms. The molecule has 1 heterocycles. The van der Waals surface area contributed by atoms with Crippen LogP contribution in [0.3, 0.4) is 0 Å². The molecule has 90 valence electrons. The number of epoxide rings is 1. The number of ether oxygens (including phenoxy) is 2. The summed E-state index contributed by atoms with van der Waals surface area (Å²) >= 11 is 0. The van der Waals surface area contributed by atoms with Crippen LogP contribution in [0.5, 0.6) is 0 Å². The summed E-state index contributed by atoms with van der Waals surface area (Å²) in [7, 11) is 0. The molecule has 0 spiro atoms. The summed E-state index contributed by atoms with van der Waals surface area (Å²) in [5, 5.41) is 0. The monoisotopic (exact) mass is 232 g/mol. The molecule has 3 nitrogen and oxygen atoms in total. The number of carbonyl (C=O) groups excluding carboxylic acids is 1. The molecule has 0 amide bonds. The number of carbonyl (C=O) groups is 1. The standard InChI is InChI=1S/C14H16O3/c1-2-13(15)17-14(11-16-14)10-6-9-12-7-4-3-5-8-12/h2-5,7-8H,1,6,9-11H2. The second kappa shape index (κ2) is 5.15. The zero-order valence-electron chi connectivity index (χ0n) is 9.72. The first-order valence-electron chi connectivity index (χ1n) is 5.77. The lowest BCUT2D eigenvalue weighted by Gasteiger charge is -2.11. The first-order valence-corrected chi connectivity index (χ1v) is 5.77. The average molecular weight is 232 g/mol. The maximum absolute atomic E-state index is 11.1. The summed E-state index contributed by atoms with van der Waals surface area (Å²) in [5.41, 5.74) is 1.29. The van der Waals surface area contributed by atoms with E-state index in [2.05, 4.69) is 18.7 Å². The SMILES string of the molecule is C=CC(=O)OC1(CCCc2ccccc2)CO1. The number of benzene rings is 1. The Morgan fingerprint density at radius 3 is 2.76 bits per heavy atom. The highest BCUT2D eigenvalue weighted by Crippen LogP contribution is 2.34. The van der Waals surface area contributed by atoms with Crippen LogP contribution in [0.25, 0.3) is 0 Å². The minimum Gasteiger partial charge on any atom is -0.427 e. The van der Waals surface area contributed by atoms with Crippen molar-refractivity contribution >= 4 is 5.97 Å². The highest BCUT2D eigenvalue weighted by atomic mass is 16.8. The maximum Gasteiger partial charge on any atom is 0.332 e. The van der Waals surface area contributed by atoms with Gasteiger partial charge in [-0.3, -0.25) is 0 Å². The predicted molar refractivity (Wildman–Crippen MR) is 64.4 cm³/mol.